The highest BCUT2D eigenvalue weighted by Gasteiger charge is 2.36. The van der Waals surface area contributed by atoms with Gasteiger partial charge in [-0.2, -0.15) is 0 Å². The van der Waals surface area contributed by atoms with Crippen LogP contribution in [0.1, 0.15) is 56.7 Å². The number of benzene rings is 1. The van der Waals surface area contributed by atoms with Gasteiger partial charge in [0.1, 0.15) is 5.82 Å². The molecule has 0 fully saturated rings. The van der Waals surface area contributed by atoms with Crippen LogP contribution < -0.4 is 4.74 Å². The maximum absolute atomic E-state index is 11.0. The molecule has 3 aromatic rings. The van der Waals surface area contributed by atoms with E-state index >= 15 is 0 Å². The molecule has 0 amide bonds. The summed E-state index contributed by atoms with van der Waals surface area (Å²) in [5.74, 6) is 0.510. The van der Waals surface area contributed by atoms with Crippen molar-refractivity contribution in [1.29, 1.82) is 0 Å². The number of aryl methyl sites for hydroxylation is 1. The van der Waals surface area contributed by atoms with Crippen LogP contribution in [0, 0.1) is 0 Å². The molecule has 0 atom stereocenters. The fraction of sp³-hybridized carbons (Fsp3) is 0.440. The van der Waals surface area contributed by atoms with Crippen LogP contribution in [0.2, 0.25) is 0 Å². The standard InChI is InChI=1S/C25H32N4O5/c1-5-7-10-21-27-23(25(32-3,33-4)15-6-2)28-29(21)17-18-11-13-19(14-12-18)20-9-8-16-26-22(20)34-24(30)31/h8-9,11-14,16H,5-7,10,15,17H2,1-4H3,(H,30,31). The van der Waals surface area contributed by atoms with Crippen molar-refractivity contribution >= 4 is 6.16 Å². The Morgan fingerprint density at radius 1 is 1.09 bits per heavy atom. The van der Waals surface area contributed by atoms with E-state index in [1.165, 1.54) is 6.20 Å². The number of hydrogen-bond donors (Lipinski definition) is 1. The Balaban J connectivity index is 1.89. The number of ether oxygens (including phenoxy) is 3. The molecule has 1 N–H and O–H groups in total. The average molecular weight is 469 g/mol. The summed E-state index contributed by atoms with van der Waals surface area (Å²) in [7, 11) is 3.23. The Bertz CT molecular complexity index is 1080. The number of methoxy groups -OCH3 is 2. The second-order valence-electron chi connectivity index (χ2n) is 7.95. The lowest BCUT2D eigenvalue weighted by Crippen LogP contribution is -2.32. The first-order chi connectivity index (χ1) is 16.5. The van der Waals surface area contributed by atoms with Gasteiger partial charge >= 0.3 is 6.16 Å². The third kappa shape index (κ3) is 5.78. The van der Waals surface area contributed by atoms with Gasteiger partial charge < -0.3 is 19.3 Å². The number of hydrogen-bond acceptors (Lipinski definition) is 7. The number of carboxylic acid groups (broad SMARTS) is 1. The van der Waals surface area contributed by atoms with Gasteiger partial charge in [-0.1, -0.05) is 51.0 Å². The Hall–Kier alpha value is -3.30. The van der Waals surface area contributed by atoms with Crippen LogP contribution in [0.15, 0.2) is 42.6 Å². The van der Waals surface area contributed by atoms with Crippen LogP contribution in [-0.4, -0.2) is 45.2 Å². The molecule has 3 rings (SSSR count). The highest BCUT2D eigenvalue weighted by molar-refractivity contribution is 5.72. The number of aromatic nitrogens is 4. The molecule has 0 radical (unpaired) electrons. The number of pyridine rings is 1. The molecule has 0 saturated carbocycles. The van der Waals surface area contributed by atoms with Crippen LogP contribution in [0.25, 0.3) is 11.1 Å². The van der Waals surface area contributed by atoms with Crippen molar-refractivity contribution in [2.45, 2.75) is 58.3 Å². The summed E-state index contributed by atoms with van der Waals surface area (Å²) in [6.45, 7) is 4.75. The predicted molar refractivity (Wildman–Crippen MR) is 127 cm³/mol. The molecule has 182 valence electrons. The first-order valence-corrected chi connectivity index (χ1v) is 11.5. The molecule has 34 heavy (non-hydrogen) atoms. The summed E-state index contributed by atoms with van der Waals surface area (Å²) in [6, 6.07) is 11.3. The largest absolute Gasteiger partial charge is 0.512 e. The van der Waals surface area contributed by atoms with E-state index in [1.54, 1.807) is 26.4 Å². The fourth-order valence-corrected chi connectivity index (χ4v) is 3.83. The summed E-state index contributed by atoms with van der Waals surface area (Å²) < 4.78 is 18.2. The van der Waals surface area contributed by atoms with Crippen LogP contribution in [0.4, 0.5) is 4.79 Å². The highest BCUT2D eigenvalue weighted by Crippen LogP contribution is 2.30. The third-order valence-corrected chi connectivity index (χ3v) is 5.63. The van der Waals surface area contributed by atoms with Gasteiger partial charge in [-0.15, -0.1) is 5.10 Å². The Kier molecular flexibility index (Phi) is 8.72. The second kappa shape index (κ2) is 11.7. The van der Waals surface area contributed by atoms with Crippen molar-refractivity contribution in [2.75, 3.05) is 14.2 Å². The molecule has 9 nitrogen and oxygen atoms in total. The van der Waals surface area contributed by atoms with Crippen molar-refractivity contribution in [3.05, 3.63) is 59.8 Å². The van der Waals surface area contributed by atoms with Gasteiger partial charge in [0, 0.05) is 38.8 Å². The average Bonchev–Trinajstić information content (AvgIpc) is 3.24. The summed E-state index contributed by atoms with van der Waals surface area (Å²) >= 11 is 0. The molecular weight excluding hydrogens is 436 g/mol. The second-order valence-corrected chi connectivity index (χ2v) is 7.95. The molecular formula is C25H32N4O5. The molecule has 0 aliphatic rings. The van der Waals surface area contributed by atoms with E-state index in [2.05, 4.69) is 18.8 Å². The fourth-order valence-electron chi connectivity index (χ4n) is 3.83. The first kappa shape index (κ1) is 25.3. The highest BCUT2D eigenvalue weighted by atomic mass is 16.7. The normalized spacial score (nSPS) is 11.5. The zero-order valence-corrected chi connectivity index (χ0v) is 20.2. The lowest BCUT2D eigenvalue weighted by atomic mass is 10.1. The van der Waals surface area contributed by atoms with Gasteiger partial charge in [0.15, 0.2) is 0 Å². The minimum absolute atomic E-state index is 0.0527. The van der Waals surface area contributed by atoms with Crippen LogP contribution >= 0.6 is 0 Å². The SMILES string of the molecule is CCCCc1nc(C(CCC)(OC)OC)nn1Cc1ccc(-c2cccnc2OC(=O)O)cc1. The lowest BCUT2D eigenvalue weighted by Gasteiger charge is -2.27. The van der Waals surface area contributed by atoms with E-state index in [1.807, 2.05) is 28.9 Å². The zero-order chi connectivity index (χ0) is 24.6. The van der Waals surface area contributed by atoms with Crippen LogP contribution in [0.5, 0.6) is 5.88 Å². The van der Waals surface area contributed by atoms with E-state index < -0.39 is 11.9 Å². The van der Waals surface area contributed by atoms with Crippen molar-refractivity contribution in [3.63, 3.8) is 0 Å². The van der Waals surface area contributed by atoms with Gasteiger partial charge in [-0.05, 0) is 29.7 Å². The quantitative estimate of drug-likeness (QED) is 0.291. The van der Waals surface area contributed by atoms with Gasteiger partial charge in [0.2, 0.25) is 17.5 Å². The molecule has 2 aromatic heterocycles. The monoisotopic (exact) mass is 468 g/mol. The summed E-state index contributed by atoms with van der Waals surface area (Å²) in [6.07, 6.45) is 4.48. The van der Waals surface area contributed by atoms with Gasteiger partial charge in [-0.25, -0.2) is 19.4 Å². The first-order valence-electron chi connectivity index (χ1n) is 11.5. The summed E-state index contributed by atoms with van der Waals surface area (Å²) in [5, 5.41) is 13.7. The number of unbranched alkanes of at least 4 members (excludes halogenated alkanes) is 1. The molecule has 0 unspecified atom stereocenters. The minimum atomic E-state index is -1.40. The maximum Gasteiger partial charge on any atom is 0.512 e. The van der Waals surface area contributed by atoms with Gasteiger partial charge in [0.25, 0.3) is 0 Å². The summed E-state index contributed by atoms with van der Waals surface area (Å²) in [5.41, 5.74) is 2.44. The Morgan fingerprint density at radius 3 is 2.44 bits per heavy atom. The van der Waals surface area contributed by atoms with Gasteiger partial charge in [-0.3, -0.25) is 0 Å². The van der Waals surface area contributed by atoms with Crippen molar-refractivity contribution in [2.24, 2.45) is 0 Å². The molecule has 0 bridgehead atoms. The minimum Gasteiger partial charge on any atom is -0.449 e. The number of carbonyl (C=O) groups is 1. The van der Waals surface area contributed by atoms with Crippen LogP contribution in [-0.2, 0) is 28.2 Å². The van der Waals surface area contributed by atoms with E-state index in [0.717, 1.165) is 42.6 Å². The van der Waals surface area contributed by atoms with Crippen molar-refractivity contribution < 1.29 is 24.1 Å². The lowest BCUT2D eigenvalue weighted by molar-refractivity contribution is -0.225. The molecule has 0 saturated heterocycles. The number of nitrogens with zero attached hydrogens (tertiary/aromatic N) is 4. The number of rotatable bonds is 12. The molecule has 2 heterocycles. The molecule has 1 aromatic carbocycles. The zero-order valence-electron chi connectivity index (χ0n) is 20.2. The van der Waals surface area contributed by atoms with E-state index in [-0.39, 0.29) is 5.88 Å². The maximum atomic E-state index is 11.0. The van der Waals surface area contributed by atoms with Crippen molar-refractivity contribution in [3.8, 4) is 17.0 Å². The van der Waals surface area contributed by atoms with Crippen LogP contribution in [0.3, 0.4) is 0 Å². The Labute approximate surface area is 199 Å². The topological polar surface area (TPSA) is 109 Å². The Morgan fingerprint density at radius 2 is 1.82 bits per heavy atom. The van der Waals surface area contributed by atoms with E-state index in [9.17, 15) is 4.79 Å². The molecule has 0 spiro atoms. The molecule has 0 aliphatic heterocycles. The molecule has 0 aliphatic carbocycles. The van der Waals surface area contributed by atoms with E-state index in [4.69, 9.17) is 29.4 Å². The predicted octanol–water partition coefficient (Wildman–Crippen LogP) is 5.03. The van der Waals surface area contributed by atoms with Crippen molar-refractivity contribution in [1.82, 2.24) is 19.7 Å². The van der Waals surface area contributed by atoms with E-state index in [0.29, 0.717) is 24.4 Å². The molecule has 9 heteroatoms. The smallest absolute Gasteiger partial charge is 0.449 e. The summed E-state index contributed by atoms with van der Waals surface area (Å²) in [4.78, 5) is 19.8. The third-order valence-electron chi connectivity index (χ3n) is 5.63. The van der Waals surface area contributed by atoms with Gasteiger partial charge in [0.05, 0.1) is 6.54 Å².